The number of carbonyl (C=O) groups excluding carboxylic acids is 1. The molecular weight excluding hydrogens is 226 g/mol. The number of fused-ring (bicyclic) bond motifs is 1. The van der Waals surface area contributed by atoms with E-state index in [2.05, 4.69) is 5.16 Å². The van der Waals surface area contributed by atoms with Gasteiger partial charge in [-0.1, -0.05) is 41.1 Å². The van der Waals surface area contributed by atoms with Gasteiger partial charge in [0.2, 0.25) is 0 Å². The van der Waals surface area contributed by atoms with Crippen LogP contribution in [0.5, 0.6) is 0 Å². The zero-order valence-electron chi connectivity index (χ0n) is 9.88. The minimum atomic E-state index is 0.592. The van der Waals surface area contributed by atoms with Crippen LogP contribution in [0.2, 0.25) is 0 Å². The normalized spacial score (nSPS) is 10.7. The van der Waals surface area contributed by atoms with Crippen molar-refractivity contribution in [2.45, 2.75) is 6.92 Å². The molecule has 3 rings (SSSR count). The fourth-order valence-corrected chi connectivity index (χ4v) is 1.95. The second kappa shape index (κ2) is 4.11. The minimum Gasteiger partial charge on any atom is -0.356 e. The fourth-order valence-electron chi connectivity index (χ4n) is 1.95. The molecule has 0 unspecified atom stereocenters. The number of hydrogen-bond donors (Lipinski definition) is 0. The third kappa shape index (κ3) is 1.70. The van der Waals surface area contributed by atoms with E-state index < -0.39 is 0 Å². The van der Waals surface area contributed by atoms with Gasteiger partial charge in [0.05, 0.1) is 0 Å². The van der Waals surface area contributed by atoms with Gasteiger partial charge < -0.3 is 4.52 Å². The molecule has 0 saturated carbocycles. The maximum atomic E-state index is 10.7. The van der Waals surface area contributed by atoms with E-state index in [4.69, 9.17) is 4.52 Å². The highest BCUT2D eigenvalue weighted by molar-refractivity contribution is 5.94. The average Bonchev–Trinajstić information content (AvgIpc) is 2.82. The zero-order valence-corrected chi connectivity index (χ0v) is 9.88. The van der Waals surface area contributed by atoms with Gasteiger partial charge in [0.25, 0.3) is 0 Å². The molecule has 0 spiro atoms. The van der Waals surface area contributed by atoms with Crippen molar-refractivity contribution in [1.82, 2.24) is 5.16 Å². The Morgan fingerprint density at radius 2 is 1.89 bits per heavy atom. The molecule has 1 heterocycles. The number of aromatic nitrogens is 1. The lowest BCUT2D eigenvalue weighted by Gasteiger charge is -1.97. The maximum Gasteiger partial charge on any atom is 0.168 e. The Bertz CT molecular complexity index is 711. The minimum absolute atomic E-state index is 0.592. The third-order valence-electron chi connectivity index (χ3n) is 2.96. The first kappa shape index (κ1) is 10.7. The molecule has 3 aromatic rings. The molecule has 1 aromatic heterocycles. The molecule has 0 fully saturated rings. The molecule has 0 aliphatic heterocycles. The predicted molar refractivity (Wildman–Crippen MR) is 69.6 cm³/mol. The zero-order chi connectivity index (χ0) is 12.5. The molecule has 0 amide bonds. The molecule has 0 atom stereocenters. The van der Waals surface area contributed by atoms with Gasteiger partial charge in [-0.15, -0.1) is 0 Å². The van der Waals surface area contributed by atoms with Gasteiger partial charge in [-0.05, 0) is 19.1 Å². The van der Waals surface area contributed by atoms with Crippen molar-refractivity contribution in [3.05, 3.63) is 53.6 Å². The highest BCUT2D eigenvalue weighted by atomic mass is 16.5. The first-order chi connectivity index (χ1) is 8.78. The van der Waals surface area contributed by atoms with E-state index in [-0.39, 0.29) is 0 Å². The molecule has 0 saturated heterocycles. The standard InChI is InChI=1S/C15H11NO2/c1-10-2-5-12(6-3-10)15-13-7-4-11(9-17)8-14(13)18-16-15/h2-9H,1H3. The first-order valence-corrected chi connectivity index (χ1v) is 5.69. The Hall–Kier alpha value is -2.42. The van der Waals surface area contributed by atoms with E-state index in [0.29, 0.717) is 11.1 Å². The number of rotatable bonds is 2. The van der Waals surface area contributed by atoms with E-state index in [1.807, 2.05) is 37.3 Å². The van der Waals surface area contributed by atoms with E-state index in [0.717, 1.165) is 22.9 Å². The van der Waals surface area contributed by atoms with Crippen molar-refractivity contribution in [1.29, 1.82) is 0 Å². The molecule has 2 aromatic carbocycles. The van der Waals surface area contributed by atoms with Gasteiger partial charge in [0, 0.05) is 16.5 Å². The summed E-state index contributed by atoms with van der Waals surface area (Å²) in [6.45, 7) is 2.04. The molecule has 0 radical (unpaired) electrons. The molecule has 3 nitrogen and oxygen atoms in total. The van der Waals surface area contributed by atoms with E-state index in [1.54, 1.807) is 12.1 Å². The number of benzene rings is 2. The summed E-state index contributed by atoms with van der Waals surface area (Å²) in [5.41, 5.74) is 4.25. The van der Waals surface area contributed by atoms with Crippen LogP contribution in [0.3, 0.4) is 0 Å². The van der Waals surface area contributed by atoms with Crippen LogP contribution in [0.25, 0.3) is 22.2 Å². The highest BCUT2D eigenvalue weighted by Crippen LogP contribution is 2.28. The predicted octanol–water partition coefficient (Wildman–Crippen LogP) is 3.62. The van der Waals surface area contributed by atoms with Crippen LogP contribution in [-0.4, -0.2) is 11.4 Å². The lowest BCUT2D eigenvalue weighted by molar-refractivity contribution is 0.112. The van der Waals surface area contributed by atoms with Crippen LogP contribution in [0.15, 0.2) is 47.0 Å². The average molecular weight is 237 g/mol. The molecule has 0 bridgehead atoms. The Morgan fingerprint density at radius 3 is 2.61 bits per heavy atom. The van der Waals surface area contributed by atoms with Crippen molar-refractivity contribution in [2.24, 2.45) is 0 Å². The summed E-state index contributed by atoms with van der Waals surface area (Å²) in [5.74, 6) is 0. The van der Waals surface area contributed by atoms with Crippen LogP contribution in [0, 0.1) is 6.92 Å². The summed E-state index contributed by atoms with van der Waals surface area (Å²) < 4.78 is 5.27. The molecule has 0 aliphatic rings. The van der Waals surface area contributed by atoms with Crippen molar-refractivity contribution in [3.63, 3.8) is 0 Å². The SMILES string of the molecule is Cc1ccc(-c2noc3cc(C=O)ccc23)cc1. The number of aryl methyl sites for hydroxylation is 1. The Balaban J connectivity index is 2.18. The van der Waals surface area contributed by atoms with E-state index in [1.165, 1.54) is 5.56 Å². The van der Waals surface area contributed by atoms with Crippen molar-refractivity contribution in [3.8, 4) is 11.3 Å². The third-order valence-corrected chi connectivity index (χ3v) is 2.96. The lowest BCUT2D eigenvalue weighted by atomic mass is 10.1. The van der Waals surface area contributed by atoms with Crippen LogP contribution in [0.4, 0.5) is 0 Å². The highest BCUT2D eigenvalue weighted by Gasteiger charge is 2.10. The summed E-state index contributed by atoms with van der Waals surface area (Å²) in [4.78, 5) is 10.7. The second-order valence-electron chi connectivity index (χ2n) is 4.27. The van der Waals surface area contributed by atoms with Gasteiger partial charge >= 0.3 is 0 Å². The molecule has 18 heavy (non-hydrogen) atoms. The molecule has 0 aliphatic carbocycles. The smallest absolute Gasteiger partial charge is 0.168 e. The first-order valence-electron chi connectivity index (χ1n) is 5.69. The summed E-state index contributed by atoms with van der Waals surface area (Å²) >= 11 is 0. The van der Waals surface area contributed by atoms with Crippen molar-refractivity contribution in [2.75, 3.05) is 0 Å². The summed E-state index contributed by atoms with van der Waals surface area (Å²) in [7, 11) is 0. The van der Waals surface area contributed by atoms with Crippen LogP contribution >= 0.6 is 0 Å². The van der Waals surface area contributed by atoms with Gasteiger partial charge in [-0.3, -0.25) is 4.79 Å². The van der Waals surface area contributed by atoms with Crippen LogP contribution in [-0.2, 0) is 0 Å². The van der Waals surface area contributed by atoms with Crippen LogP contribution in [0.1, 0.15) is 15.9 Å². The summed E-state index contributed by atoms with van der Waals surface area (Å²) in [6, 6.07) is 13.4. The fraction of sp³-hybridized carbons (Fsp3) is 0.0667. The number of hydrogen-bond acceptors (Lipinski definition) is 3. The largest absolute Gasteiger partial charge is 0.356 e. The quantitative estimate of drug-likeness (QED) is 0.639. The summed E-state index contributed by atoms with van der Waals surface area (Å²) in [5, 5.41) is 5.00. The van der Waals surface area contributed by atoms with E-state index >= 15 is 0 Å². The number of aldehydes is 1. The topological polar surface area (TPSA) is 43.1 Å². The van der Waals surface area contributed by atoms with Gasteiger partial charge in [0.1, 0.15) is 12.0 Å². The van der Waals surface area contributed by atoms with Gasteiger partial charge in [-0.25, -0.2) is 0 Å². The number of carbonyl (C=O) groups is 1. The van der Waals surface area contributed by atoms with Crippen LogP contribution < -0.4 is 0 Å². The Labute approximate surface area is 104 Å². The lowest BCUT2D eigenvalue weighted by Crippen LogP contribution is -1.80. The van der Waals surface area contributed by atoms with E-state index in [9.17, 15) is 4.79 Å². The van der Waals surface area contributed by atoms with Crippen molar-refractivity contribution < 1.29 is 9.32 Å². The molecule has 0 N–H and O–H groups in total. The molecule has 88 valence electrons. The Kier molecular flexibility index (Phi) is 2.45. The second-order valence-corrected chi connectivity index (χ2v) is 4.27. The molecular formula is C15H11NO2. The Morgan fingerprint density at radius 1 is 1.11 bits per heavy atom. The molecule has 3 heteroatoms. The summed E-state index contributed by atoms with van der Waals surface area (Å²) in [6.07, 6.45) is 0.799. The maximum absolute atomic E-state index is 10.7. The monoisotopic (exact) mass is 237 g/mol. The van der Waals surface area contributed by atoms with Gasteiger partial charge in [-0.2, -0.15) is 0 Å². The van der Waals surface area contributed by atoms with Crippen molar-refractivity contribution >= 4 is 17.3 Å². The number of nitrogens with zero attached hydrogens (tertiary/aromatic N) is 1. The van der Waals surface area contributed by atoms with Gasteiger partial charge in [0.15, 0.2) is 5.58 Å².